The summed E-state index contributed by atoms with van der Waals surface area (Å²) >= 11 is 0. The van der Waals surface area contributed by atoms with Crippen molar-refractivity contribution >= 4 is 9.84 Å². The number of hydrogen-bond acceptors (Lipinski definition) is 5. The number of sulfone groups is 1. The van der Waals surface area contributed by atoms with Crippen molar-refractivity contribution in [1.82, 2.24) is 5.32 Å². The molecule has 0 bridgehead atoms. The topological polar surface area (TPSA) is 64.6 Å². The van der Waals surface area contributed by atoms with Gasteiger partial charge in [-0.25, -0.2) is 8.42 Å². The number of nitrogens with one attached hydrogen (secondary N) is 1. The average Bonchev–Trinajstić information content (AvgIpc) is 2.45. The highest BCUT2D eigenvalue weighted by molar-refractivity contribution is 7.90. The van der Waals surface area contributed by atoms with Crippen LogP contribution in [0.15, 0.2) is 17.0 Å². The number of benzene rings is 1. The molecule has 112 valence electrons. The third-order valence-corrected chi connectivity index (χ3v) is 4.80. The summed E-state index contributed by atoms with van der Waals surface area (Å²) in [5, 5.41) is 3.31. The quantitative estimate of drug-likeness (QED) is 0.914. The van der Waals surface area contributed by atoms with Gasteiger partial charge in [-0.05, 0) is 36.9 Å². The van der Waals surface area contributed by atoms with Crippen LogP contribution in [0.25, 0.3) is 0 Å². The lowest BCUT2D eigenvalue weighted by atomic mass is 9.91. The number of ether oxygens (including phenoxy) is 2. The zero-order valence-electron chi connectivity index (χ0n) is 12.1. The van der Waals surface area contributed by atoms with E-state index in [1.54, 1.807) is 19.2 Å². The molecule has 1 aromatic rings. The highest BCUT2D eigenvalue weighted by Gasteiger charge is 2.25. The summed E-state index contributed by atoms with van der Waals surface area (Å²) in [7, 11) is -0.242. The van der Waals surface area contributed by atoms with Crippen molar-refractivity contribution < 1.29 is 17.9 Å². The fourth-order valence-electron chi connectivity index (χ4n) is 2.63. The molecule has 0 aromatic heterocycles. The fourth-order valence-corrected chi connectivity index (χ4v) is 3.61. The lowest BCUT2D eigenvalue weighted by molar-refractivity contribution is 0.351. The van der Waals surface area contributed by atoms with Gasteiger partial charge in [0.05, 0.1) is 19.1 Å². The molecule has 1 unspecified atom stereocenters. The van der Waals surface area contributed by atoms with Crippen molar-refractivity contribution in [3.8, 4) is 11.5 Å². The molecule has 1 N–H and O–H groups in total. The first-order chi connectivity index (χ1) is 9.47. The van der Waals surface area contributed by atoms with Gasteiger partial charge in [-0.3, -0.25) is 0 Å². The molecule has 6 heteroatoms. The molecule has 0 spiro atoms. The minimum Gasteiger partial charge on any atom is -0.493 e. The second-order valence-electron chi connectivity index (χ2n) is 5.06. The summed E-state index contributed by atoms with van der Waals surface area (Å²) in [6.45, 7) is 1.77. The average molecular weight is 299 g/mol. The van der Waals surface area contributed by atoms with Crippen LogP contribution < -0.4 is 14.8 Å². The Kier molecular flexibility index (Phi) is 4.55. The largest absolute Gasteiger partial charge is 0.493 e. The molecule has 5 nitrogen and oxygen atoms in total. The molecule has 1 heterocycles. The van der Waals surface area contributed by atoms with Gasteiger partial charge in [0, 0.05) is 18.9 Å². The fraction of sp³-hybridized carbons (Fsp3) is 0.571. The smallest absolute Gasteiger partial charge is 0.175 e. The van der Waals surface area contributed by atoms with E-state index in [0.29, 0.717) is 16.4 Å². The monoisotopic (exact) mass is 299 g/mol. The molecule has 0 saturated carbocycles. The van der Waals surface area contributed by atoms with Crippen LogP contribution in [0, 0.1) is 0 Å². The van der Waals surface area contributed by atoms with Crippen LogP contribution in [0.3, 0.4) is 0 Å². The van der Waals surface area contributed by atoms with Gasteiger partial charge in [-0.1, -0.05) is 0 Å². The lowest BCUT2D eigenvalue weighted by Gasteiger charge is -2.25. The van der Waals surface area contributed by atoms with E-state index in [2.05, 4.69) is 5.32 Å². The van der Waals surface area contributed by atoms with E-state index >= 15 is 0 Å². The zero-order chi connectivity index (χ0) is 14.8. The summed E-state index contributed by atoms with van der Waals surface area (Å²) in [5.74, 6) is 1.20. The number of rotatable bonds is 4. The predicted molar refractivity (Wildman–Crippen MR) is 77.5 cm³/mol. The van der Waals surface area contributed by atoms with Crippen molar-refractivity contribution in [1.29, 1.82) is 0 Å². The molecule has 1 aromatic carbocycles. The first-order valence-electron chi connectivity index (χ1n) is 6.64. The summed E-state index contributed by atoms with van der Waals surface area (Å²) in [5.41, 5.74) is 0.817. The van der Waals surface area contributed by atoms with Crippen molar-refractivity contribution in [2.75, 3.05) is 33.6 Å². The van der Waals surface area contributed by atoms with E-state index in [1.807, 2.05) is 0 Å². The molecule has 0 radical (unpaired) electrons. The van der Waals surface area contributed by atoms with Crippen molar-refractivity contribution in [2.45, 2.75) is 23.7 Å². The number of hydrogen-bond donors (Lipinski definition) is 1. The van der Waals surface area contributed by atoms with Crippen LogP contribution >= 0.6 is 0 Å². The van der Waals surface area contributed by atoms with Crippen LogP contribution in [0.4, 0.5) is 0 Å². The Morgan fingerprint density at radius 1 is 1.20 bits per heavy atom. The first kappa shape index (κ1) is 15.1. The van der Waals surface area contributed by atoms with Gasteiger partial charge < -0.3 is 14.8 Å². The molecular weight excluding hydrogens is 278 g/mol. The normalized spacial score (nSPS) is 19.6. The molecule has 2 rings (SSSR count). The first-order valence-corrected chi connectivity index (χ1v) is 8.53. The Bertz CT molecular complexity index is 577. The van der Waals surface area contributed by atoms with Crippen LogP contribution in [0.2, 0.25) is 0 Å². The minimum absolute atomic E-state index is 0.188. The van der Waals surface area contributed by atoms with E-state index in [0.717, 1.165) is 31.5 Å². The highest BCUT2D eigenvalue weighted by atomic mass is 32.2. The maximum Gasteiger partial charge on any atom is 0.175 e. The van der Waals surface area contributed by atoms with Gasteiger partial charge in [0.1, 0.15) is 0 Å². The Morgan fingerprint density at radius 3 is 2.35 bits per heavy atom. The SMILES string of the molecule is COc1cc(C2CCCNC2)c(S(C)(=O)=O)cc1OC. The van der Waals surface area contributed by atoms with E-state index in [4.69, 9.17) is 9.47 Å². The second kappa shape index (κ2) is 6.01. The molecule has 1 saturated heterocycles. The van der Waals surface area contributed by atoms with Crippen LogP contribution in [0.1, 0.15) is 24.3 Å². The Morgan fingerprint density at radius 2 is 1.85 bits per heavy atom. The third-order valence-electron chi connectivity index (χ3n) is 3.65. The maximum absolute atomic E-state index is 12.0. The van der Waals surface area contributed by atoms with Gasteiger partial charge in [0.2, 0.25) is 0 Å². The van der Waals surface area contributed by atoms with Crippen LogP contribution in [-0.2, 0) is 9.84 Å². The van der Waals surface area contributed by atoms with E-state index < -0.39 is 9.84 Å². The molecule has 0 aliphatic carbocycles. The van der Waals surface area contributed by atoms with Crippen molar-refractivity contribution in [3.63, 3.8) is 0 Å². The van der Waals surface area contributed by atoms with Gasteiger partial charge >= 0.3 is 0 Å². The predicted octanol–water partition coefficient (Wildman–Crippen LogP) is 1.57. The molecule has 1 fully saturated rings. The van der Waals surface area contributed by atoms with Crippen LogP contribution in [0.5, 0.6) is 11.5 Å². The van der Waals surface area contributed by atoms with Crippen molar-refractivity contribution in [3.05, 3.63) is 17.7 Å². The minimum atomic E-state index is -3.30. The summed E-state index contributed by atoms with van der Waals surface area (Å²) in [6.07, 6.45) is 3.25. The molecule has 20 heavy (non-hydrogen) atoms. The molecule has 1 atom stereocenters. The summed E-state index contributed by atoms with van der Waals surface area (Å²) in [4.78, 5) is 0.337. The van der Waals surface area contributed by atoms with E-state index in [-0.39, 0.29) is 5.92 Å². The molecule has 1 aliphatic rings. The van der Waals surface area contributed by atoms with Gasteiger partial charge in [-0.15, -0.1) is 0 Å². The number of piperidine rings is 1. The Hall–Kier alpha value is -1.27. The summed E-state index contributed by atoms with van der Waals surface area (Å²) < 4.78 is 34.6. The van der Waals surface area contributed by atoms with Crippen LogP contribution in [-0.4, -0.2) is 42.0 Å². The highest BCUT2D eigenvalue weighted by Crippen LogP contribution is 2.37. The van der Waals surface area contributed by atoms with E-state index in [1.165, 1.54) is 13.4 Å². The third kappa shape index (κ3) is 3.07. The molecule has 1 aliphatic heterocycles. The second-order valence-corrected chi connectivity index (χ2v) is 7.04. The van der Waals surface area contributed by atoms with Gasteiger partial charge in [0.25, 0.3) is 0 Å². The van der Waals surface area contributed by atoms with Gasteiger partial charge in [0.15, 0.2) is 21.3 Å². The zero-order valence-corrected chi connectivity index (χ0v) is 12.9. The Labute approximate surface area is 120 Å². The van der Waals surface area contributed by atoms with Gasteiger partial charge in [-0.2, -0.15) is 0 Å². The lowest BCUT2D eigenvalue weighted by Crippen LogP contribution is -2.29. The molecular formula is C14H21NO4S. The standard InChI is InChI=1S/C14H21NO4S/c1-18-12-7-11(10-5-4-6-15-9-10)14(20(3,16)17)8-13(12)19-2/h7-8,10,15H,4-6,9H2,1-3H3. The summed E-state index contributed by atoms with van der Waals surface area (Å²) in [6, 6.07) is 3.37. The Balaban J connectivity index is 2.57. The number of methoxy groups -OCH3 is 2. The maximum atomic E-state index is 12.0. The van der Waals surface area contributed by atoms with Crippen molar-refractivity contribution in [2.24, 2.45) is 0 Å². The molecule has 0 amide bonds. The van der Waals surface area contributed by atoms with E-state index in [9.17, 15) is 8.42 Å².